The van der Waals surface area contributed by atoms with Crippen LogP contribution >= 0.6 is 23.2 Å². The van der Waals surface area contributed by atoms with Gasteiger partial charge in [-0.1, -0.05) is 29.3 Å². The second kappa shape index (κ2) is 13.2. The molecule has 0 bridgehead atoms. The van der Waals surface area contributed by atoms with E-state index >= 15 is 4.39 Å². The van der Waals surface area contributed by atoms with E-state index in [4.69, 9.17) is 23.2 Å². The van der Waals surface area contributed by atoms with Gasteiger partial charge in [0.25, 0.3) is 17.5 Å². The number of ether oxygens (including phenoxy) is 1. The molecular formula is C26H15Cl2F10N3O5. The van der Waals surface area contributed by atoms with Crippen LogP contribution in [-0.4, -0.2) is 42.2 Å². The van der Waals surface area contributed by atoms with Crippen molar-refractivity contribution in [1.82, 2.24) is 0 Å². The SMILES string of the molecule is CCN(C(=O)c1ccc([N+](=O)[O-])cc1Cl)c1cccc(C(=O)Nc2c(Cl)cc(C(F)(C(F)(F)F)C(F)(F)F)cc2OC(F)F)c1F. The van der Waals surface area contributed by atoms with Gasteiger partial charge in [-0.25, -0.2) is 8.78 Å². The summed E-state index contributed by atoms with van der Waals surface area (Å²) in [6, 6.07) is 4.97. The normalized spacial score (nSPS) is 12.2. The molecule has 0 aromatic heterocycles. The minimum atomic E-state index is -6.66. The van der Waals surface area contributed by atoms with Crippen molar-refractivity contribution < 1.29 is 63.2 Å². The summed E-state index contributed by atoms with van der Waals surface area (Å²) in [6.07, 6.45) is -13.3. The quantitative estimate of drug-likeness (QED) is 0.136. The number of carbonyl (C=O) groups is 2. The number of hydrogen-bond donors (Lipinski definition) is 1. The number of anilines is 2. The molecule has 0 aliphatic carbocycles. The van der Waals surface area contributed by atoms with Gasteiger partial charge in [0, 0.05) is 24.2 Å². The summed E-state index contributed by atoms with van der Waals surface area (Å²) in [7, 11) is 0. The third-order valence-corrected chi connectivity index (χ3v) is 6.77. The minimum absolute atomic E-state index is 0.241. The number of nitrogens with one attached hydrogen (secondary N) is 1. The molecule has 46 heavy (non-hydrogen) atoms. The average molecular weight is 710 g/mol. The summed E-state index contributed by atoms with van der Waals surface area (Å²) >= 11 is 11.7. The van der Waals surface area contributed by atoms with Crippen LogP contribution in [0.15, 0.2) is 48.5 Å². The molecule has 0 aliphatic heterocycles. The fraction of sp³-hybridized carbons (Fsp3) is 0.231. The number of halogens is 12. The molecule has 0 fully saturated rings. The Labute approximate surface area is 260 Å². The highest BCUT2D eigenvalue weighted by Gasteiger charge is 2.73. The van der Waals surface area contributed by atoms with E-state index in [0.717, 1.165) is 41.3 Å². The summed E-state index contributed by atoms with van der Waals surface area (Å²) in [5.41, 5.74) is -11.9. The van der Waals surface area contributed by atoms with Crippen molar-refractivity contribution in [3.8, 4) is 5.75 Å². The average Bonchev–Trinajstić information content (AvgIpc) is 2.93. The number of carbonyl (C=O) groups excluding carboxylic acids is 2. The number of nitrogens with zero attached hydrogens (tertiary/aromatic N) is 2. The number of rotatable bonds is 9. The lowest BCUT2D eigenvalue weighted by Crippen LogP contribution is -2.50. The molecule has 0 atom stereocenters. The number of alkyl halides is 9. The zero-order valence-electron chi connectivity index (χ0n) is 22.4. The zero-order chi connectivity index (χ0) is 34.9. The van der Waals surface area contributed by atoms with Crippen molar-refractivity contribution in [2.75, 3.05) is 16.8 Å². The summed E-state index contributed by atoms with van der Waals surface area (Å²) in [5.74, 6) is -5.66. The molecule has 0 aliphatic rings. The molecule has 0 unspecified atom stereocenters. The van der Waals surface area contributed by atoms with Crippen LogP contribution < -0.4 is 15.0 Å². The van der Waals surface area contributed by atoms with Gasteiger partial charge in [-0.15, -0.1) is 0 Å². The Hall–Kier alpha value is -4.32. The highest BCUT2D eigenvalue weighted by atomic mass is 35.5. The summed E-state index contributed by atoms with van der Waals surface area (Å²) in [5, 5.41) is 11.0. The van der Waals surface area contributed by atoms with Crippen molar-refractivity contribution in [1.29, 1.82) is 0 Å². The maximum absolute atomic E-state index is 15.6. The summed E-state index contributed by atoms with van der Waals surface area (Å²) in [4.78, 5) is 37.1. The van der Waals surface area contributed by atoms with Gasteiger partial charge in [0.1, 0.15) is 5.69 Å². The molecule has 0 saturated heterocycles. The highest BCUT2D eigenvalue weighted by Crippen LogP contribution is 2.55. The van der Waals surface area contributed by atoms with Gasteiger partial charge in [-0.05, 0) is 37.3 Å². The molecule has 0 saturated carbocycles. The van der Waals surface area contributed by atoms with E-state index in [0.29, 0.717) is 0 Å². The molecule has 8 nitrogen and oxygen atoms in total. The van der Waals surface area contributed by atoms with Gasteiger partial charge in [0.05, 0.1) is 31.8 Å². The van der Waals surface area contributed by atoms with Crippen LogP contribution in [0.25, 0.3) is 0 Å². The highest BCUT2D eigenvalue weighted by molar-refractivity contribution is 6.35. The Bertz CT molecular complexity index is 1670. The van der Waals surface area contributed by atoms with Gasteiger partial charge < -0.3 is 15.0 Å². The van der Waals surface area contributed by atoms with Crippen molar-refractivity contribution in [2.24, 2.45) is 0 Å². The minimum Gasteiger partial charge on any atom is -0.433 e. The van der Waals surface area contributed by atoms with Crippen molar-refractivity contribution in [3.63, 3.8) is 0 Å². The molecule has 2 amide bonds. The van der Waals surface area contributed by atoms with Crippen molar-refractivity contribution in [3.05, 3.63) is 91.2 Å². The van der Waals surface area contributed by atoms with Crippen LogP contribution in [0.1, 0.15) is 33.2 Å². The largest absolute Gasteiger partial charge is 0.435 e. The van der Waals surface area contributed by atoms with Crippen LogP contribution in [0.4, 0.5) is 61.0 Å². The van der Waals surface area contributed by atoms with E-state index in [2.05, 4.69) is 4.74 Å². The Balaban J connectivity index is 2.07. The fourth-order valence-corrected chi connectivity index (χ4v) is 4.54. The molecule has 0 spiro atoms. The summed E-state index contributed by atoms with van der Waals surface area (Å²) in [6.45, 7) is -2.86. The number of hydrogen-bond acceptors (Lipinski definition) is 5. The standard InChI is InChI=1S/C26H15Cl2F10N3O5/c1-2-40(22(43)13-7-6-12(41(44)45)10-15(13)27)17-5-3-4-14(19(17)29)21(42)39-20-16(28)8-11(9-18(20)46-23(30)31)24(32,25(33,34)35)26(36,37)38/h3-10,23H,2H2,1H3,(H,39,42). The number of amides is 2. The predicted octanol–water partition coefficient (Wildman–Crippen LogP) is 8.85. The van der Waals surface area contributed by atoms with E-state index < -0.39 is 92.2 Å². The van der Waals surface area contributed by atoms with Gasteiger partial charge in [0.2, 0.25) is 0 Å². The number of benzene rings is 3. The Morgan fingerprint density at radius 1 is 0.957 bits per heavy atom. The first-order valence-electron chi connectivity index (χ1n) is 12.1. The molecular weight excluding hydrogens is 695 g/mol. The lowest BCUT2D eigenvalue weighted by molar-refractivity contribution is -0.384. The monoisotopic (exact) mass is 709 g/mol. The molecule has 0 heterocycles. The van der Waals surface area contributed by atoms with Crippen molar-refractivity contribution >= 4 is 52.1 Å². The maximum atomic E-state index is 15.6. The van der Waals surface area contributed by atoms with Crippen LogP contribution in [0, 0.1) is 15.9 Å². The van der Waals surface area contributed by atoms with E-state index in [9.17, 15) is 59.2 Å². The number of nitro groups is 1. The maximum Gasteiger partial charge on any atom is 0.435 e. The lowest BCUT2D eigenvalue weighted by atomic mass is 9.93. The van der Waals surface area contributed by atoms with Gasteiger partial charge in [0.15, 0.2) is 11.6 Å². The van der Waals surface area contributed by atoms with Crippen LogP contribution in [0.5, 0.6) is 5.75 Å². The third kappa shape index (κ3) is 6.91. The van der Waals surface area contributed by atoms with E-state index in [1.165, 1.54) is 6.92 Å². The Morgan fingerprint density at radius 2 is 1.57 bits per heavy atom. The lowest BCUT2D eigenvalue weighted by Gasteiger charge is -2.31. The molecule has 3 rings (SSSR count). The molecule has 1 N–H and O–H groups in total. The predicted molar refractivity (Wildman–Crippen MR) is 143 cm³/mol. The van der Waals surface area contributed by atoms with E-state index in [-0.39, 0.29) is 23.2 Å². The fourth-order valence-electron chi connectivity index (χ4n) is 4.02. The molecule has 248 valence electrons. The smallest absolute Gasteiger partial charge is 0.433 e. The molecule has 20 heteroatoms. The van der Waals surface area contributed by atoms with Crippen LogP contribution in [-0.2, 0) is 5.67 Å². The van der Waals surface area contributed by atoms with Gasteiger partial charge >= 0.3 is 24.6 Å². The van der Waals surface area contributed by atoms with Crippen molar-refractivity contribution in [2.45, 2.75) is 31.6 Å². The van der Waals surface area contributed by atoms with Gasteiger partial charge in [-0.2, -0.15) is 35.1 Å². The molecule has 3 aromatic carbocycles. The van der Waals surface area contributed by atoms with Crippen LogP contribution in [0.2, 0.25) is 10.0 Å². The van der Waals surface area contributed by atoms with E-state index in [1.807, 2.05) is 0 Å². The second-order valence-electron chi connectivity index (χ2n) is 8.93. The number of nitro benzene ring substituents is 1. The molecule has 0 radical (unpaired) electrons. The first-order chi connectivity index (χ1) is 21.1. The Kier molecular flexibility index (Phi) is 10.4. The molecule has 3 aromatic rings. The van der Waals surface area contributed by atoms with E-state index in [1.54, 1.807) is 5.32 Å². The third-order valence-electron chi connectivity index (χ3n) is 6.16. The number of non-ortho nitro benzene ring substituents is 1. The Morgan fingerprint density at radius 3 is 2.07 bits per heavy atom. The topological polar surface area (TPSA) is 102 Å². The van der Waals surface area contributed by atoms with Gasteiger partial charge in [-0.3, -0.25) is 19.7 Å². The summed E-state index contributed by atoms with van der Waals surface area (Å²) < 4.78 is 140. The first kappa shape index (κ1) is 36.2. The zero-order valence-corrected chi connectivity index (χ0v) is 23.9. The second-order valence-corrected chi connectivity index (χ2v) is 9.74. The first-order valence-corrected chi connectivity index (χ1v) is 12.9. The van der Waals surface area contributed by atoms with Crippen LogP contribution in [0.3, 0.4) is 0 Å².